The minimum atomic E-state index is -0.856. The zero-order valence-electron chi connectivity index (χ0n) is 18.3. The SMILES string of the molecule is COC(=O)CCC(C)C(=O)N[C@@H](Cc1c[nH]c2ccccc12)C(=O)OCc1ccccc1. The van der Waals surface area contributed by atoms with Crippen LogP contribution in [0.4, 0.5) is 0 Å². The normalized spacial score (nSPS) is 12.7. The van der Waals surface area contributed by atoms with Crippen molar-refractivity contribution < 1.29 is 23.9 Å². The first-order valence-corrected chi connectivity index (χ1v) is 10.6. The smallest absolute Gasteiger partial charge is 0.329 e. The fraction of sp³-hybridized carbons (Fsp3) is 0.320. The molecular formula is C25H28N2O5. The Morgan fingerprint density at radius 3 is 2.50 bits per heavy atom. The number of rotatable bonds is 10. The number of aromatic nitrogens is 1. The first-order chi connectivity index (χ1) is 15.5. The highest BCUT2D eigenvalue weighted by Crippen LogP contribution is 2.20. The third kappa shape index (κ3) is 6.20. The maximum atomic E-state index is 12.9. The summed E-state index contributed by atoms with van der Waals surface area (Å²) in [5.41, 5.74) is 2.73. The van der Waals surface area contributed by atoms with E-state index in [4.69, 9.17) is 4.74 Å². The lowest BCUT2D eigenvalue weighted by atomic mass is 10.0. The van der Waals surface area contributed by atoms with Crippen LogP contribution in [0.3, 0.4) is 0 Å². The van der Waals surface area contributed by atoms with Crippen LogP contribution in [0.2, 0.25) is 0 Å². The molecule has 3 aromatic rings. The zero-order chi connectivity index (χ0) is 22.9. The number of hydrogen-bond acceptors (Lipinski definition) is 5. The average Bonchev–Trinajstić information content (AvgIpc) is 3.23. The van der Waals surface area contributed by atoms with Gasteiger partial charge in [-0.15, -0.1) is 0 Å². The first-order valence-electron chi connectivity index (χ1n) is 10.6. The van der Waals surface area contributed by atoms with E-state index >= 15 is 0 Å². The van der Waals surface area contributed by atoms with Gasteiger partial charge in [0.05, 0.1) is 7.11 Å². The van der Waals surface area contributed by atoms with E-state index < -0.39 is 17.9 Å². The van der Waals surface area contributed by atoms with E-state index in [9.17, 15) is 14.4 Å². The van der Waals surface area contributed by atoms with Crippen LogP contribution in [-0.2, 0) is 36.9 Å². The molecule has 168 valence electrons. The van der Waals surface area contributed by atoms with Crippen LogP contribution in [-0.4, -0.2) is 36.0 Å². The van der Waals surface area contributed by atoms with E-state index in [1.165, 1.54) is 7.11 Å². The summed E-state index contributed by atoms with van der Waals surface area (Å²) in [4.78, 5) is 40.3. The Balaban J connectivity index is 1.71. The molecule has 1 heterocycles. The highest BCUT2D eigenvalue weighted by Gasteiger charge is 2.26. The fourth-order valence-corrected chi connectivity index (χ4v) is 3.42. The molecule has 3 rings (SSSR count). The van der Waals surface area contributed by atoms with E-state index in [1.54, 1.807) is 6.92 Å². The second kappa shape index (κ2) is 11.1. The van der Waals surface area contributed by atoms with Gasteiger partial charge in [0.2, 0.25) is 5.91 Å². The summed E-state index contributed by atoms with van der Waals surface area (Å²) in [7, 11) is 1.31. The van der Waals surface area contributed by atoms with Crippen molar-refractivity contribution in [2.75, 3.05) is 7.11 Å². The number of carbonyl (C=O) groups excluding carboxylic acids is 3. The lowest BCUT2D eigenvalue weighted by molar-refractivity contribution is -0.149. The quantitative estimate of drug-likeness (QED) is 0.474. The number of aromatic amines is 1. The Kier molecular flexibility index (Phi) is 8.02. The van der Waals surface area contributed by atoms with E-state index in [1.807, 2.05) is 60.8 Å². The van der Waals surface area contributed by atoms with Gasteiger partial charge < -0.3 is 19.8 Å². The summed E-state index contributed by atoms with van der Waals surface area (Å²) in [5.74, 6) is -1.65. The summed E-state index contributed by atoms with van der Waals surface area (Å²) in [6, 6.07) is 16.3. The second-order valence-corrected chi connectivity index (χ2v) is 7.73. The molecule has 1 aromatic heterocycles. The van der Waals surface area contributed by atoms with Crippen LogP contribution in [0.15, 0.2) is 60.8 Å². The lowest BCUT2D eigenvalue weighted by Gasteiger charge is -2.20. The van der Waals surface area contributed by atoms with Gasteiger partial charge in [0.1, 0.15) is 12.6 Å². The van der Waals surface area contributed by atoms with Crippen molar-refractivity contribution in [2.45, 2.75) is 38.8 Å². The van der Waals surface area contributed by atoms with Gasteiger partial charge in [-0.3, -0.25) is 9.59 Å². The molecule has 0 fully saturated rings. The van der Waals surface area contributed by atoms with Crippen molar-refractivity contribution in [1.29, 1.82) is 0 Å². The minimum absolute atomic E-state index is 0.123. The molecule has 0 spiro atoms. The van der Waals surface area contributed by atoms with Crippen molar-refractivity contribution in [3.63, 3.8) is 0 Å². The fourth-order valence-electron chi connectivity index (χ4n) is 3.42. The monoisotopic (exact) mass is 436 g/mol. The van der Waals surface area contributed by atoms with E-state index in [0.29, 0.717) is 6.42 Å². The highest BCUT2D eigenvalue weighted by atomic mass is 16.5. The van der Waals surface area contributed by atoms with Gasteiger partial charge in [0, 0.05) is 35.9 Å². The maximum absolute atomic E-state index is 12.9. The molecule has 0 saturated heterocycles. The van der Waals surface area contributed by atoms with Crippen LogP contribution in [0.5, 0.6) is 0 Å². The van der Waals surface area contributed by atoms with Crippen LogP contribution in [0.1, 0.15) is 30.9 Å². The van der Waals surface area contributed by atoms with Crippen LogP contribution < -0.4 is 5.32 Å². The Bertz CT molecular complexity index is 1060. The first kappa shape index (κ1) is 23.1. The van der Waals surface area contributed by atoms with E-state index in [2.05, 4.69) is 15.0 Å². The van der Waals surface area contributed by atoms with E-state index in [-0.39, 0.29) is 31.3 Å². The minimum Gasteiger partial charge on any atom is -0.469 e. The van der Waals surface area contributed by atoms with Gasteiger partial charge >= 0.3 is 11.9 Å². The Morgan fingerprint density at radius 2 is 1.75 bits per heavy atom. The molecule has 7 heteroatoms. The molecule has 0 bridgehead atoms. The number of ether oxygens (including phenoxy) is 2. The number of nitrogens with one attached hydrogen (secondary N) is 2. The lowest BCUT2D eigenvalue weighted by Crippen LogP contribution is -2.45. The molecule has 0 radical (unpaired) electrons. The number of amides is 1. The standard InChI is InChI=1S/C25H28N2O5/c1-17(12-13-23(28)31-2)24(29)27-22(25(30)32-16-18-8-4-3-5-9-18)14-19-15-26-21-11-7-6-10-20(19)21/h3-11,15,17,22,26H,12-14,16H2,1-2H3,(H,27,29)/t17?,22-/m0/s1. The number of hydrogen-bond donors (Lipinski definition) is 2. The number of benzene rings is 2. The average molecular weight is 437 g/mol. The Morgan fingerprint density at radius 1 is 1.03 bits per heavy atom. The summed E-state index contributed by atoms with van der Waals surface area (Å²) >= 11 is 0. The Hall–Kier alpha value is -3.61. The second-order valence-electron chi connectivity index (χ2n) is 7.73. The van der Waals surface area contributed by atoms with Crippen LogP contribution >= 0.6 is 0 Å². The molecule has 2 N–H and O–H groups in total. The number of para-hydroxylation sites is 1. The van der Waals surface area contributed by atoms with Crippen molar-refractivity contribution in [3.05, 3.63) is 71.9 Å². The topological polar surface area (TPSA) is 97.5 Å². The molecule has 2 aromatic carbocycles. The summed E-state index contributed by atoms with van der Waals surface area (Å²) in [6.45, 7) is 1.84. The summed E-state index contributed by atoms with van der Waals surface area (Å²) in [6.07, 6.45) is 2.59. The number of methoxy groups -OCH3 is 1. The highest BCUT2D eigenvalue weighted by molar-refractivity contribution is 5.88. The van der Waals surface area contributed by atoms with Gasteiger partial charge in [-0.1, -0.05) is 55.5 Å². The van der Waals surface area contributed by atoms with Gasteiger partial charge in [-0.2, -0.15) is 0 Å². The third-order valence-electron chi connectivity index (χ3n) is 5.38. The maximum Gasteiger partial charge on any atom is 0.329 e. The molecule has 7 nitrogen and oxygen atoms in total. The predicted molar refractivity (Wildman–Crippen MR) is 121 cm³/mol. The predicted octanol–water partition coefficient (Wildman–Crippen LogP) is 3.53. The largest absolute Gasteiger partial charge is 0.469 e. The molecule has 0 aliphatic rings. The molecule has 32 heavy (non-hydrogen) atoms. The summed E-state index contributed by atoms with van der Waals surface area (Å²) in [5, 5.41) is 3.81. The van der Waals surface area contributed by atoms with Crippen molar-refractivity contribution in [1.82, 2.24) is 10.3 Å². The number of esters is 2. The molecule has 1 unspecified atom stereocenters. The van der Waals surface area contributed by atoms with Crippen molar-refractivity contribution in [2.24, 2.45) is 5.92 Å². The molecule has 0 aliphatic heterocycles. The van der Waals surface area contributed by atoms with Crippen molar-refractivity contribution >= 4 is 28.7 Å². The molecule has 0 saturated carbocycles. The number of fused-ring (bicyclic) bond motifs is 1. The molecule has 2 atom stereocenters. The number of H-pyrrole nitrogens is 1. The van der Waals surface area contributed by atoms with Crippen LogP contribution in [0, 0.1) is 5.92 Å². The third-order valence-corrected chi connectivity index (χ3v) is 5.38. The van der Waals surface area contributed by atoms with Gasteiger partial charge in [0.25, 0.3) is 0 Å². The summed E-state index contributed by atoms with van der Waals surface area (Å²) < 4.78 is 10.1. The van der Waals surface area contributed by atoms with Gasteiger partial charge in [-0.25, -0.2) is 4.79 Å². The molecule has 1 amide bonds. The van der Waals surface area contributed by atoms with Gasteiger partial charge in [0.15, 0.2) is 0 Å². The molecule has 0 aliphatic carbocycles. The molecular weight excluding hydrogens is 408 g/mol. The zero-order valence-corrected chi connectivity index (χ0v) is 18.3. The van der Waals surface area contributed by atoms with E-state index in [0.717, 1.165) is 22.0 Å². The number of carbonyl (C=O) groups is 3. The Labute approximate surface area is 187 Å². The van der Waals surface area contributed by atoms with Crippen LogP contribution in [0.25, 0.3) is 10.9 Å². The van der Waals surface area contributed by atoms with Crippen molar-refractivity contribution in [3.8, 4) is 0 Å². The van der Waals surface area contributed by atoms with Gasteiger partial charge in [-0.05, 0) is 23.6 Å².